The Morgan fingerprint density at radius 2 is 1.92 bits per heavy atom. The molecule has 0 fully saturated rings. The molecule has 0 saturated carbocycles. The summed E-state index contributed by atoms with van der Waals surface area (Å²) in [6.45, 7) is 8.75. The van der Waals surface area contributed by atoms with Crippen LogP contribution in [-0.2, 0) is 29.5 Å². The van der Waals surface area contributed by atoms with Crippen molar-refractivity contribution >= 4 is 32.7 Å². The van der Waals surface area contributed by atoms with E-state index in [2.05, 4.69) is 14.7 Å². The van der Waals surface area contributed by atoms with Gasteiger partial charge in [-0.2, -0.15) is 0 Å². The van der Waals surface area contributed by atoms with Gasteiger partial charge in [0.25, 0.3) is 11.5 Å². The lowest BCUT2D eigenvalue weighted by Gasteiger charge is -2.30. The van der Waals surface area contributed by atoms with E-state index in [0.29, 0.717) is 30.9 Å². The Bertz CT molecular complexity index is 1570. The normalized spacial score (nSPS) is 13.9. The van der Waals surface area contributed by atoms with Crippen molar-refractivity contribution < 1.29 is 13.2 Å². The first-order valence-electron chi connectivity index (χ1n) is 11.9. The third kappa shape index (κ3) is 5.06. The molecule has 10 nitrogen and oxygen atoms in total. The number of aromatic nitrogens is 3. The third-order valence-corrected chi connectivity index (χ3v) is 6.78. The number of benzene rings is 1. The van der Waals surface area contributed by atoms with Gasteiger partial charge in [0.2, 0.25) is 10.0 Å². The predicted octanol–water partition coefficient (Wildman–Crippen LogP) is 2.43. The largest absolute Gasteiger partial charge is 0.334 e. The summed E-state index contributed by atoms with van der Waals surface area (Å²) < 4.78 is 27.5. The standard InChI is InChI=1S/C25H31N5O5S/c1-14(2)12-30-22-21(23(31)27-25(30)33)18(11-20(26-22)15(3)4)24(32)29-10-9-17-16(13-29)7-6-8-19(17)28-36(5,34)35/h6-8,11,14-15,28H,9-10,12-13H2,1-5H3,(H,27,31,33). The SMILES string of the molecule is CC(C)Cn1c(=O)[nH]c(=O)c2c(C(=O)N3CCc4c(cccc4NS(C)(=O)=O)C3)cc(C(C)C)nc21. The summed E-state index contributed by atoms with van der Waals surface area (Å²) in [7, 11) is -3.45. The quantitative estimate of drug-likeness (QED) is 0.520. The number of sulfonamides is 1. The van der Waals surface area contributed by atoms with E-state index in [9.17, 15) is 22.8 Å². The molecule has 1 aliphatic heterocycles. The lowest BCUT2D eigenvalue weighted by Crippen LogP contribution is -2.38. The number of pyridine rings is 1. The van der Waals surface area contributed by atoms with Crippen LogP contribution in [0, 0.1) is 5.92 Å². The number of carbonyl (C=O) groups excluding carboxylic acids is 1. The molecule has 0 spiro atoms. The van der Waals surface area contributed by atoms with Gasteiger partial charge in [0, 0.05) is 25.3 Å². The Kier molecular flexibility index (Phi) is 6.78. The maximum atomic E-state index is 13.8. The van der Waals surface area contributed by atoms with Crippen LogP contribution in [0.15, 0.2) is 33.9 Å². The minimum Gasteiger partial charge on any atom is -0.334 e. The Labute approximate surface area is 209 Å². The molecule has 3 aromatic rings. The first-order valence-corrected chi connectivity index (χ1v) is 13.8. The molecular weight excluding hydrogens is 482 g/mol. The number of nitrogens with one attached hydrogen (secondary N) is 2. The van der Waals surface area contributed by atoms with Gasteiger partial charge in [-0.05, 0) is 41.5 Å². The zero-order chi connectivity index (χ0) is 26.4. The van der Waals surface area contributed by atoms with Crippen molar-refractivity contribution in [2.75, 3.05) is 17.5 Å². The monoisotopic (exact) mass is 513 g/mol. The topological polar surface area (TPSA) is 134 Å². The fraction of sp³-hybridized carbons (Fsp3) is 0.440. The minimum atomic E-state index is -3.45. The number of amides is 1. The second kappa shape index (κ2) is 9.53. The van der Waals surface area contributed by atoms with Gasteiger partial charge in [-0.25, -0.2) is 18.2 Å². The van der Waals surface area contributed by atoms with Gasteiger partial charge in [0.15, 0.2) is 5.65 Å². The van der Waals surface area contributed by atoms with Crippen molar-refractivity contribution in [1.29, 1.82) is 0 Å². The maximum Gasteiger partial charge on any atom is 0.330 e. The van der Waals surface area contributed by atoms with Crippen LogP contribution in [0.4, 0.5) is 5.69 Å². The van der Waals surface area contributed by atoms with E-state index in [-0.39, 0.29) is 40.9 Å². The van der Waals surface area contributed by atoms with E-state index in [4.69, 9.17) is 0 Å². The highest BCUT2D eigenvalue weighted by Crippen LogP contribution is 2.29. The molecule has 2 N–H and O–H groups in total. The van der Waals surface area contributed by atoms with E-state index < -0.39 is 21.3 Å². The molecule has 2 aromatic heterocycles. The van der Waals surface area contributed by atoms with Crippen LogP contribution in [0.25, 0.3) is 11.0 Å². The third-order valence-electron chi connectivity index (χ3n) is 6.19. The van der Waals surface area contributed by atoms with Crippen molar-refractivity contribution in [2.45, 2.75) is 53.1 Å². The molecule has 0 unspecified atom stereocenters. The van der Waals surface area contributed by atoms with Crippen LogP contribution in [0.1, 0.15) is 60.8 Å². The molecule has 0 aliphatic carbocycles. The van der Waals surface area contributed by atoms with Gasteiger partial charge in [0.05, 0.1) is 22.9 Å². The molecule has 0 atom stereocenters. The van der Waals surface area contributed by atoms with Crippen LogP contribution >= 0.6 is 0 Å². The zero-order valence-corrected chi connectivity index (χ0v) is 21.9. The van der Waals surface area contributed by atoms with Gasteiger partial charge in [-0.1, -0.05) is 39.8 Å². The summed E-state index contributed by atoms with van der Waals surface area (Å²) in [5, 5.41) is 0.0999. The lowest BCUT2D eigenvalue weighted by molar-refractivity contribution is 0.0736. The molecular formula is C25H31N5O5S. The molecule has 0 radical (unpaired) electrons. The predicted molar refractivity (Wildman–Crippen MR) is 139 cm³/mol. The summed E-state index contributed by atoms with van der Waals surface area (Å²) in [5.41, 5.74) is 2.02. The van der Waals surface area contributed by atoms with Crippen LogP contribution < -0.4 is 16.0 Å². The van der Waals surface area contributed by atoms with E-state index in [1.54, 1.807) is 23.1 Å². The first-order chi connectivity index (χ1) is 16.9. The van der Waals surface area contributed by atoms with Crippen LogP contribution in [0.5, 0.6) is 0 Å². The lowest BCUT2D eigenvalue weighted by atomic mass is 9.97. The number of hydrogen-bond donors (Lipinski definition) is 2. The highest BCUT2D eigenvalue weighted by molar-refractivity contribution is 7.92. The number of H-pyrrole nitrogens is 1. The summed E-state index contributed by atoms with van der Waals surface area (Å²) in [6, 6.07) is 6.95. The van der Waals surface area contributed by atoms with Crippen molar-refractivity contribution in [3.05, 3.63) is 67.5 Å². The summed E-state index contributed by atoms with van der Waals surface area (Å²) >= 11 is 0. The molecule has 192 valence electrons. The van der Waals surface area contributed by atoms with E-state index in [1.807, 2.05) is 33.8 Å². The van der Waals surface area contributed by atoms with E-state index >= 15 is 0 Å². The second-order valence-corrected chi connectivity index (χ2v) is 11.8. The fourth-order valence-electron chi connectivity index (χ4n) is 4.54. The van der Waals surface area contributed by atoms with Crippen molar-refractivity contribution in [3.8, 4) is 0 Å². The van der Waals surface area contributed by atoms with E-state index in [1.165, 1.54) is 4.57 Å². The van der Waals surface area contributed by atoms with Gasteiger partial charge in [-0.15, -0.1) is 0 Å². The van der Waals surface area contributed by atoms with Crippen LogP contribution in [-0.4, -0.2) is 46.6 Å². The molecule has 3 heterocycles. The molecule has 1 amide bonds. The van der Waals surface area contributed by atoms with Gasteiger partial charge in [0.1, 0.15) is 0 Å². The Balaban J connectivity index is 1.82. The average molecular weight is 514 g/mol. The van der Waals surface area contributed by atoms with E-state index in [0.717, 1.165) is 17.4 Å². The first kappa shape index (κ1) is 25.6. The second-order valence-electron chi connectivity index (χ2n) is 10.0. The van der Waals surface area contributed by atoms with Crippen molar-refractivity contribution in [3.63, 3.8) is 0 Å². The number of aromatic amines is 1. The smallest absolute Gasteiger partial charge is 0.330 e. The Morgan fingerprint density at radius 1 is 1.19 bits per heavy atom. The minimum absolute atomic E-state index is 0.0328. The highest BCUT2D eigenvalue weighted by atomic mass is 32.2. The molecule has 1 aliphatic rings. The average Bonchev–Trinajstić information content (AvgIpc) is 2.79. The molecule has 36 heavy (non-hydrogen) atoms. The van der Waals surface area contributed by atoms with Crippen LogP contribution in [0.3, 0.4) is 0 Å². The van der Waals surface area contributed by atoms with Crippen LogP contribution in [0.2, 0.25) is 0 Å². The van der Waals surface area contributed by atoms with Gasteiger partial charge >= 0.3 is 5.69 Å². The van der Waals surface area contributed by atoms with Crippen molar-refractivity contribution in [2.24, 2.45) is 5.92 Å². The zero-order valence-electron chi connectivity index (χ0n) is 21.1. The Hall–Kier alpha value is -3.47. The van der Waals surface area contributed by atoms with Crippen molar-refractivity contribution in [1.82, 2.24) is 19.4 Å². The number of nitrogens with zero attached hydrogens (tertiary/aromatic N) is 3. The highest BCUT2D eigenvalue weighted by Gasteiger charge is 2.28. The summed E-state index contributed by atoms with van der Waals surface area (Å²) in [4.78, 5) is 48.1. The number of anilines is 1. The molecule has 0 saturated heterocycles. The molecule has 0 bridgehead atoms. The Morgan fingerprint density at radius 3 is 2.56 bits per heavy atom. The number of rotatable bonds is 6. The molecule has 4 rings (SSSR count). The molecule has 1 aromatic carbocycles. The summed E-state index contributed by atoms with van der Waals surface area (Å²) in [5.74, 6) is -0.250. The van der Waals surface area contributed by atoms with Gasteiger partial charge in [-0.3, -0.25) is 23.9 Å². The fourth-order valence-corrected chi connectivity index (χ4v) is 5.13. The number of hydrogen-bond acceptors (Lipinski definition) is 6. The number of carbonyl (C=O) groups is 1. The number of fused-ring (bicyclic) bond motifs is 2. The maximum absolute atomic E-state index is 13.8. The molecule has 11 heteroatoms. The summed E-state index contributed by atoms with van der Waals surface area (Å²) in [6.07, 6.45) is 1.55. The van der Waals surface area contributed by atoms with Gasteiger partial charge < -0.3 is 4.90 Å².